The standard InChI is InChI=1S/C15H14N2O4S2/c18-15(19)13(17-23(20,21)14-6-3-7-22-14)8-10-9-16-12-5-2-1-4-11(10)12/h1-7,9,13,16-17H,8H2,(H,18,19). The van der Waals surface area contributed by atoms with Crippen molar-refractivity contribution in [1.29, 1.82) is 0 Å². The summed E-state index contributed by atoms with van der Waals surface area (Å²) in [6.07, 6.45) is 1.77. The minimum atomic E-state index is -3.84. The molecule has 0 saturated carbocycles. The van der Waals surface area contributed by atoms with Crippen molar-refractivity contribution in [2.45, 2.75) is 16.7 Å². The highest BCUT2D eigenvalue weighted by Crippen LogP contribution is 2.21. The summed E-state index contributed by atoms with van der Waals surface area (Å²) in [5, 5.41) is 11.9. The number of hydrogen-bond donors (Lipinski definition) is 3. The SMILES string of the molecule is O=C(O)C(Cc1c[nH]c2ccccc12)NS(=O)(=O)c1cccs1. The smallest absolute Gasteiger partial charge is 0.322 e. The summed E-state index contributed by atoms with van der Waals surface area (Å²) >= 11 is 1.04. The molecule has 1 atom stereocenters. The van der Waals surface area contributed by atoms with E-state index in [2.05, 4.69) is 9.71 Å². The van der Waals surface area contributed by atoms with Crippen molar-refractivity contribution in [2.24, 2.45) is 0 Å². The van der Waals surface area contributed by atoms with Gasteiger partial charge in [-0.2, -0.15) is 4.72 Å². The molecular weight excluding hydrogens is 336 g/mol. The number of rotatable bonds is 6. The molecule has 0 spiro atoms. The lowest BCUT2D eigenvalue weighted by atomic mass is 10.1. The fourth-order valence-corrected chi connectivity index (χ4v) is 4.56. The quantitative estimate of drug-likeness (QED) is 0.634. The van der Waals surface area contributed by atoms with Crippen LogP contribution < -0.4 is 4.72 Å². The average molecular weight is 350 g/mol. The van der Waals surface area contributed by atoms with Crippen LogP contribution in [-0.2, 0) is 21.2 Å². The van der Waals surface area contributed by atoms with Gasteiger partial charge in [0.05, 0.1) is 0 Å². The number of nitrogens with one attached hydrogen (secondary N) is 2. The molecule has 1 unspecified atom stereocenters. The lowest BCUT2D eigenvalue weighted by Crippen LogP contribution is -2.41. The molecule has 0 aliphatic heterocycles. The van der Waals surface area contributed by atoms with Crippen molar-refractivity contribution in [3.63, 3.8) is 0 Å². The number of hydrogen-bond acceptors (Lipinski definition) is 4. The molecule has 23 heavy (non-hydrogen) atoms. The van der Waals surface area contributed by atoms with E-state index in [-0.39, 0.29) is 10.6 Å². The predicted octanol–water partition coefficient (Wildman–Crippen LogP) is 2.20. The zero-order valence-electron chi connectivity index (χ0n) is 11.9. The first-order chi connectivity index (χ1) is 11.0. The molecular formula is C15H14N2O4S2. The molecule has 8 heteroatoms. The first kappa shape index (κ1) is 15.7. The molecule has 0 bridgehead atoms. The number of aromatic nitrogens is 1. The molecule has 2 heterocycles. The molecule has 0 saturated heterocycles. The van der Waals surface area contributed by atoms with Crippen LogP contribution in [0.15, 0.2) is 52.2 Å². The number of aromatic amines is 1. The number of aliphatic carboxylic acids is 1. The fourth-order valence-electron chi connectivity index (χ4n) is 2.36. The third kappa shape index (κ3) is 3.29. The Hall–Kier alpha value is -2.16. The Morgan fingerprint density at radius 3 is 2.74 bits per heavy atom. The number of benzene rings is 1. The summed E-state index contributed by atoms with van der Waals surface area (Å²) in [5.74, 6) is -1.21. The monoisotopic (exact) mass is 350 g/mol. The van der Waals surface area contributed by atoms with Gasteiger partial charge in [-0.3, -0.25) is 4.79 Å². The number of thiophene rings is 1. The van der Waals surface area contributed by atoms with Gasteiger partial charge in [0, 0.05) is 23.5 Å². The molecule has 1 aromatic carbocycles. The van der Waals surface area contributed by atoms with Gasteiger partial charge in [0.2, 0.25) is 0 Å². The molecule has 0 fully saturated rings. The molecule has 2 aromatic heterocycles. The Labute approximate surface area is 136 Å². The number of H-pyrrole nitrogens is 1. The largest absolute Gasteiger partial charge is 0.480 e. The molecule has 0 radical (unpaired) electrons. The minimum absolute atomic E-state index is 0.0595. The Kier molecular flexibility index (Phi) is 4.20. The van der Waals surface area contributed by atoms with Crippen LogP contribution >= 0.6 is 11.3 Å². The van der Waals surface area contributed by atoms with Gasteiger partial charge in [0.25, 0.3) is 10.0 Å². The Morgan fingerprint density at radius 2 is 2.04 bits per heavy atom. The number of sulfonamides is 1. The summed E-state index contributed by atoms with van der Waals surface area (Å²) in [5.41, 5.74) is 1.63. The second kappa shape index (κ2) is 6.15. The Morgan fingerprint density at radius 1 is 1.26 bits per heavy atom. The van der Waals surface area contributed by atoms with Crippen LogP contribution in [0.25, 0.3) is 10.9 Å². The predicted molar refractivity (Wildman–Crippen MR) is 88.1 cm³/mol. The summed E-state index contributed by atoms with van der Waals surface area (Å²) in [7, 11) is -3.84. The fraction of sp³-hybridized carbons (Fsp3) is 0.133. The third-order valence-electron chi connectivity index (χ3n) is 3.45. The van der Waals surface area contributed by atoms with E-state index in [1.165, 1.54) is 6.07 Å². The van der Waals surface area contributed by atoms with Gasteiger partial charge >= 0.3 is 5.97 Å². The average Bonchev–Trinajstić information content (AvgIpc) is 3.16. The topological polar surface area (TPSA) is 99.3 Å². The molecule has 6 nitrogen and oxygen atoms in total. The van der Waals surface area contributed by atoms with E-state index >= 15 is 0 Å². The maximum Gasteiger partial charge on any atom is 0.322 e. The van der Waals surface area contributed by atoms with Gasteiger partial charge in [-0.05, 0) is 23.1 Å². The van der Waals surface area contributed by atoms with Crippen LogP contribution in [0, 0.1) is 0 Å². The summed E-state index contributed by atoms with van der Waals surface area (Å²) in [6, 6.07) is 9.29. The van der Waals surface area contributed by atoms with Crippen molar-refractivity contribution in [3.8, 4) is 0 Å². The number of carboxylic acid groups (broad SMARTS) is 1. The van der Waals surface area contributed by atoms with Gasteiger partial charge in [-0.25, -0.2) is 8.42 Å². The van der Waals surface area contributed by atoms with E-state index in [1.807, 2.05) is 24.3 Å². The third-order valence-corrected chi connectivity index (χ3v) is 6.32. The molecule has 3 aromatic rings. The lowest BCUT2D eigenvalue weighted by molar-refractivity contribution is -0.138. The van der Waals surface area contributed by atoms with Gasteiger partial charge in [0.15, 0.2) is 0 Å². The van der Waals surface area contributed by atoms with Gasteiger partial charge in [-0.15, -0.1) is 11.3 Å². The van der Waals surface area contributed by atoms with E-state index in [1.54, 1.807) is 17.6 Å². The van der Waals surface area contributed by atoms with Crippen molar-refractivity contribution in [3.05, 3.63) is 53.5 Å². The number of fused-ring (bicyclic) bond motifs is 1. The van der Waals surface area contributed by atoms with Crippen molar-refractivity contribution < 1.29 is 18.3 Å². The van der Waals surface area contributed by atoms with Gasteiger partial charge < -0.3 is 10.1 Å². The van der Waals surface area contributed by atoms with Crippen molar-refractivity contribution in [2.75, 3.05) is 0 Å². The number of para-hydroxylation sites is 1. The number of carbonyl (C=O) groups is 1. The lowest BCUT2D eigenvalue weighted by Gasteiger charge is -2.13. The van der Waals surface area contributed by atoms with Crippen LogP contribution in [-0.4, -0.2) is 30.5 Å². The van der Waals surface area contributed by atoms with E-state index in [0.29, 0.717) is 0 Å². The van der Waals surface area contributed by atoms with E-state index < -0.39 is 22.0 Å². The van der Waals surface area contributed by atoms with Crippen LogP contribution in [0.3, 0.4) is 0 Å². The maximum absolute atomic E-state index is 12.2. The van der Waals surface area contributed by atoms with E-state index in [0.717, 1.165) is 27.8 Å². The molecule has 3 rings (SSSR count). The first-order valence-electron chi connectivity index (χ1n) is 6.81. The van der Waals surface area contributed by atoms with Gasteiger partial charge in [0.1, 0.15) is 10.3 Å². The zero-order chi connectivity index (χ0) is 16.4. The number of carboxylic acids is 1. The first-order valence-corrected chi connectivity index (χ1v) is 9.17. The van der Waals surface area contributed by atoms with E-state index in [4.69, 9.17) is 0 Å². The second-order valence-corrected chi connectivity index (χ2v) is 7.90. The maximum atomic E-state index is 12.2. The molecule has 0 amide bonds. The van der Waals surface area contributed by atoms with Gasteiger partial charge in [-0.1, -0.05) is 24.3 Å². The molecule has 0 aliphatic carbocycles. The highest BCUT2D eigenvalue weighted by atomic mass is 32.2. The Balaban J connectivity index is 1.87. The van der Waals surface area contributed by atoms with Crippen LogP contribution in [0.2, 0.25) is 0 Å². The summed E-state index contributed by atoms with van der Waals surface area (Å²) < 4.78 is 26.8. The highest BCUT2D eigenvalue weighted by molar-refractivity contribution is 7.91. The zero-order valence-corrected chi connectivity index (χ0v) is 13.5. The molecule has 0 aliphatic rings. The second-order valence-electron chi connectivity index (χ2n) is 5.01. The Bertz CT molecular complexity index is 929. The summed E-state index contributed by atoms with van der Waals surface area (Å²) in [4.78, 5) is 14.5. The van der Waals surface area contributed by atoms with Crippen LogP contribution in [0.4, 0.5) is 0 Å². The van der Waals surface area contributed by atoms with Crippen LogP contribution in [0.1, 0.15) is 5.56 Å². The van der Waals surface area contributed by atoms with Crippen molar-refractivity contribution >= 4 is 38.2 Å². The minimum Gasteiger partial charge on any atom is -0.480 e. The molecule has 3 N–H and O–H groups in total. The van der Waals surface area contributed by atoms with Crippen molar-refractivity contribution in [1.82, 2.24) is 9.71 Å². The highest BCUT2D eigenvalue weighted by Gasteiger charge is 2.27. The normalized spacial score (nSPS) is 13.2. The van der Waals surface area contributed by atoms with E-state index in [9.17, 15) is 18.3 Å². The van der Waals surface area contributed by atoms with Crippen LogP contribution in [0.5, 0.6) is 0 Å². The summed E-state index contributed by atoms with van der Waals surface area (Å²) in [6.45, 7) is 0. The molecule has 120 valence electrons.